The molecule has 9 heteroatoms. The van der Waals surface area contributed by atoms with Crippen LogP contribution in [0.3, 0.4) is 0 Å². The van der Waals surface area contributed by atoms with Crippen molar-refractivity contribution in [3.05, 3.63) is 0 Å². The summed E-state index contributed by atoms with van der Waals surface area (Å²) in [6.45, 7) is 0.927. The second kappa shape index (κ2) is 11.0. The maximum absolute atomic E-state index is 9.39. The minimum Gasteiger partial charge on any atom is -0.395 e. The molecule has 0 amide bonds. The van der Waals surface area contributed by atoms with E-state index < -0.39 is 16.5 Å². The van der Waals surface area contributed by atoms with Gasteiger partial charge in [-0.15, -0.1) is 9.79 Å². The second-order valence-corrected chi connectivity index (χ2v) is 2.99. The van der Waals surface area contributed by atoms with Gasteiger partial charge in [0.25, 0.3) is 0 Å². The first kappa shape index (κ1) is 14.5. The second-order valence-electron chi connectivity index (χ2n) is 1.38. The van der Waals surface area contributed by atoms with Crippen molar-refractivity contribution in [2.24, 2.45) is 0 Å². The standard InChI is InChI=1S/C3H9NO.O5P2/c1-4-2-3-5;1-6(2)5-7(3)4/h4-5H,2-3H2,1H3;/p+2. The molecule has 0 aromatic carbocycles. The van der Waals surface area contributed by atoms with E-state index in [-0.39, 0.29) is 6.61 Å². The van der Waals surface area contributed by atoms with Crippen LogP contribution in [0.1, 0.15) is 0 Å². The van der Waals surface area contributed by atoms with Crippen molar-refractivity contribution in [1.29, 1.82) is 0 Å². The zero-order valence-electron chi connectivity index (χ0n) is 6.38. The molecule has 12 heavy (non-hydrogen) atoms. The largest absolute Gasteiger partial charge is 0.745 e. The van der Waals surface area contributed by atoms with E-state index in [1.54, 1.807) is 7.05 Å². The Morgan fingerprint density at radius 2 is 1.75 bits per heavy atom. The highest BCUT2D eigenvalue weighted by Gasteiger charge is 2.31. The topological polar surface area (TPSA) is 116 Å². The van der Waals surface area contributed by atoms with Crippen molar-refractivity contribution < 1.29 is 28.3 Å². The molecular weight excluding hydrogens is 208 g/mol. The van der Waals surface area contributed by atoms with E-state index in [4.69, 9.17) is 14.9 Å². The molecule has 0 spiro atoms. The summed E-state index contributed by atoms with van der Waals surface area (Å²) in [6, 6.07) is 0. The van der Waals surface area contributed by atoms with Crippen LogP contribution in [0.4, 0.5) is 0 Å². The van der Waals surface area contributed by atoms with E-state index in [2.05, 4.69) is 9.63 Å². The summed E-state index contributed by atoms with van der Waals surface area (Å²) in [7, 11) is -4.05. The SMILES string of the molecule is CNCCO.O=[P+](O)O[P+](=O)O. The molecule has 0 rings (SSSR count). The lowest BCUT2D eigenvalue weighted by atomic mass is 10.7. The van der Waals surface area contributed by atoms with Crippen LogP contribution in [0.2, 0.25) is 0 Å². The molecule has 0 saturated heterocycles. The first-order chi connectivity index (χ1) is 5.54. The van der Waals surface area contributed by atoms with Crippen LogP contribution in [0.15, 0.2) is 0 Å². The number of aliphatic hydroxyl groups excluding tert-OH is 1. The zero-order chi connectivity index (χ0) is 9.98. The zero-order valence-corrected chi connectivity index (χ0v) is 8.16. The van der Waals surface area contributed by atoms with Gasteiger partial charge in [-0.25, -0.2) is 0 Å². The molecule has 4 N–H and O–H groups in total. The maximum atomic E-state index is 9.39. The van der Waals surface area contributed by atoms with Crippen molar-refractivity contribution in [2.45, 2.75) is 0 Å². The van der Waals surface area contributed by atoms with Gasteiger partial charge in [-0.2, -0.15) is 0 Å². The average molecular weight is 219 g/mol. The van der Waals surface area contributed by atoms with Crippen molar-refractivity contribution in [2.75, 3.05) is 20.2 Å². The van der Waals surface area contributed by atoms with Gasteiger partial charge in [0.1, 0.15) is 0 Å². The van der Waals surface area contributed by atoms with Crippen molar-refractivity contribution in [3.63, 3.8) is 0 Å². The van der Waals surface area contributed by atoms with Crippen LogP contribution < -0.4 is 5.32 Å². The summed E-state index contributed by atoms with van der Waals surface area (Å²) in [4.78, 5) is 15.3. The Balaban J connectivity index is 0. The number of aliphatic hydroxyl groups is 1. The fourth-order valence-corrected chi connectivity index (χ4v) is 0.650. The molecular formula is C3H11NO6P2+2. The Morgan fingerprint density at radius 1 is 1.33 bits per heavy atom. The number of hydrogen-bond acceptors (Lipinski definition) is 5. The minimum absolute atomic E-state index is 0.233. The fraction of sp³-hybridized carbons (Fsp3) is 1.00. The molecule has 72 valence electrons. The molecule has 0 heterocycles. The molecule has 0 aromatic heterocycles. The molecule has 0 fully saturated rings. The Kier molecular flexibility index (Phi) is 13.3. The number of rotatable bonds is 4. The van der Waals surface area contributed by atoms with E-state index in [0.29, 0.717) is 6.54 Å². The first-order valence-electron chi connectivity index (χ1n) is 2.80. The normalized spacial score (nSPS) is 11.3. The average Bonchev–Trinajstić information content (AvgIpc) is 1.87. The van der Waals surface area contributed by atoms with Gasteiger partial charge in [0.05, 0.1) is 6.61 Å². The molecule has 0 aromatic rings. The molecule has 0 bridgehead atoms. The first-order valence-corrected chi connectivity index (χ1v) is 5.06. The van der Waals surface area contributed by atoms with Crippen LogP contribution in [0, 0.1) is 0 Å². The molecule has 0 aliphatic heterocycles. The fourth-order valence-electron chi connectivity index (χ4n) is 0.172. The predicted octanol–water partition coefficient (Wildman–Crippen LogP) is -0.499. The van der Waals surface area contributed by atoms with Crippen LogP contribution >= 0.6 is 16.5 Å². The summed E-state index contributed by atoms with van der Waals surface area (Å²) < 4.78 is 22.2. The highest BCUT2D eigenvalue weighted by Crippen LogP contribution is 2.30. The maximum Gasteiger partial charge on any atom is 0.745 e. The smallest absolute Gasteiger partial charge is 0.395 e. The monoisotopic (exact) mass is 219 g/mol. The van der Waals surface area contributed by atoms with Gasteiger partial charge in [-0.3, -0.25) is 0 Å². The highest BCUT2D eigenvalue weighted by molar-refractivity contribution is 7.46. The van der Waals surface area contributed by atoms with Crippen LogP contribution in [-0.2, 0) is 13.4 Å². The van der Waals surface area contributed by atoms with Crippen molar-refractivity contribution in [1.82, 2.24) is 5.32 Å². The Hall–Kier alpha value is -0.0000000000000000763. The summed E-state index contributed by atoms with van der Waals surface area (Å²) in [5, 5.41) is 10.8. The summed E-state index contributed by atoms with van der Waals surface area (Å²) in [6.07, 6.45) is 0. The third-order valence-corrected chi connectivity index (χ3v) is 1.62. The summed E-state index contributed by atoms with van der Waals surface area (Å²) >= 11 is 0. The van der Waals surface area contributed by atoms with Crippen LogP contribution in [0.5, 0.6) is 0 Å². The lowest BCUT2D eigenvalue weighted by Gasteiger charge is -1.84. The third-order valence-electron chi connectivity index (χ3n) is 0.501. The van der Waals surface area contributed by atoms with Gasteiger partial charge in [0, 0.05) is 15.7 Å². The minimum atomic E-state index is -2.92. The van der Waals surface area contributed by atoms with Crippen LogP contribution in [-0.4, -0.2) is 35.1 Å². The van der Waals surface area contributed by atoms with Gasteiger partial charge in [0.2, 0.25) is 0 Å². The molecule has 0 aliphatic carbocycles. The number of nitrogens with one attached hydrogen (secondary N) is 1. The molecule has 0 aliphatic rings. The van der Waals surface area contributed by atoms with Gasteiger partial charge >= 0.3 is 16.5 Å². The van der Waals surface area contributed by atoms with Gasteiger partial charge in [0.15, 0.2) is 4.31 Å². The van der Waals surface area contributed by atoms with Gasteiger partial charge in [-0.05, 0) is 7.05 Å². The molecule has 0 saturated carbocycles. The lowest BCUT2D eigenvalue weighted by Crippen LogP contribution is -2.10. The highest BCUT2D eigenvalue weighted by atomic mass is 31.2. The van der Waals surface area contributed by atoms with E-state index >= 15 is 0 Å². The molecule has 2 atom stereocenters. The van der Waals surface area contributed by atoms with Gasteiger partial charge < -0.3 is 10.4 Å². The van der Waals surface area contributed by atoms with E-state index in [9.17, 15) is 9.13 Å². The number of likely N-dealkylation sites (N-methyl/N-ethyl adjacent to an activating group) is 1. The van der Waals surface area contributed by atoms with E-state index in [1.807, 2.05) is 0 Å². The lowest BCUT2D eigenvalue weighted by molar-refractivity contribution is 0.296. The van der Waals surface area contributed by atoms with Gasteiger partial charge in [-0.1, -0.05) is 0 Å². The Morgan fingerprint density at radius 3 is 1.75 bits per heavy atom. The van der Waals surface area contributed by atoms with Crippen LogP contribution in [0.25, 0.3) is 0 Å². The summed E-state index contributed by atoms with van der Waals surface area (Å²) in [5.74, 6) is 0. The molecule has 7 nitrogen and oxygen atoms in total. The molecule has 2 unspecified atom stereocenters. The number of hydrogen-bond donors (Lipinski definition) is 4. The Bertz CT molecular complexity index is 127. The Labute approximate surface area is 71.3 Å². The molecule has 0 radical (unpaired) electrons. The quantitative estimate of drug-likeness (QED) is 0.471. The summed E-state index contributed by atoms with van der Waals surface area (Å²) in [5.41, 5.74) is 0. The third kappa shape index (κ3) is 22.5. The van der Waals surface area contributed by atoms with E-state index in [0.717, 1.165) is 0 Å². The predicted molar refractivity (Wildman–Crippen MR) is 41.7 cm³/mol. The van der Waals surface area contributed by atoms with E-state index in [1.165, 1.54) is 0 Å². The van der Waals surface area contributed by atoms with Crippen molar-refractivity contribution >= 4 is 16.5 Å². The van der Waals surface area contributed by atoms with Crippen molar-refractivity contribution in [3.8, 4) is 0 Å².